The Balaban J connectivity index is 1.87. The molecule has 0 bridgehead atoms. The van der Waals surface area contributed by atoms with Gasteiger partial charge in [-0.1, -0.05) is 90.0 Å². The van der Waals surface area contributed by atoms with E-state index in [9.17, 15) is 9.59 Å². The van der Waals surface area contributed by atoms with Crippen LogP contribution in [0.15, 0.2) is 78.9 Å². The van der Waals surface area contributed by atoms with Gasteiger partial charge in [0.15, 0.2) is 0 Å². The molecule has 4 nitrogen and oxygen atoms in total. The zero-order valence-electron chi connectivity index (χ0n) is 19.9. The van der Waals surface area contributed by atoms with Gasteiger partial charge in [-0.15, -0.1) is 0 Å². The van der Waals surface area contributed by atoms with Crippen molar-refractivity contribution in [2.45, 2.75) is 52.6 Å². The maximum absolute atomic E-state index is 13.5. The average molecular weight is 443 g/mol. The number of hydrogen-bond donors (Lipinski definition) is 1. The Morgan fingerprint density at radius 2 is 1.36 bits per heavy atom. The van der Waals surface area contributed by atoms with E-state index in [2.05, 4.69) is 36.5 Å². The van der Waals surface area contributed by atoms with Crippen LogP contribution in [0.3, 0.4) is 0 Å². The molecule has 0 unspecified atom stereocenters. The van der Waals surface area contributed by atoms with Crippen molar-refractivity contribution in [1.29, 1.82) is 0 Å². The predicted molar refractivity (Wildman–Crippen MR) is 134 cm³/mol. The molecule has 0 saturated heterocycles. The second kappa shape index (κ2) is 12.0. The Morgan fingerprint density at radius 1 is 0.788 bits per heavy atom. The van der Waals surface area contributed by atoms with Crippen molar-refractivity contribution >= 4 is 11.8 Å². The van der Waals surface area contributed by atoms with Crippen LogP contribution in [0.25, 0.3) is 0 Å². The lowest BCUT2D eigenvalue weighted by atomic mass is 10.0. The highest BCUT2D eigenvalue weighted by Crippen LogP contribution is 2.17. The summed E-state index contributed by atoms with van der Waals surface area (Å²) >= 11 is 0. The Hall–Kier alpha value is -3.40. The van der Waals surface area contributed by atoms with Crippen LogP contribution in [0.4, 0.5) is 0 Å². The molecule has 0 aliphatic rings. The van der Waals surface area contributed by atoms with E-state index in [-0.39, 0.29) is 11.8 Å². The molecule has 0 radical (unpaired) electrons. The van der Waals surface area contributed by atoms with Crippen LogP contribution in [0, 0.1) is 13.8 Å². The van der Waals surface area contributed by atoms with Gasteiger partial charge in [-0.3, -0.25) is 9.59 Å². The fourth-order valence-electron chi connectivity index (χ4n) is 3.89. The van der Waals surface area contributed by atoms with Crippen LogP contribution in [0.2, 0.25) is 0 Å². The quantitative estimate of drug-likeness (QED) is 0.480. The molecule has 3 aromatic carbocycles. The molecular weight excluding hydrogens is 408 g/mol. The largest absolute Gasteiger partial charge is 0.355 e. The number of amides is 2. The van der Waals surface area contributed by atoms with Crippen molar-refractivity contribution in [3.05, 3.63) is 107 Å². The van der Waals surface area contributed by atoms with Gasteiger partial charge in [0.25, 0.3) is 0 Å². The summed E-state index contributed by atoms with van der Waals surface area (Å²) in [7, 11) is 0. The van der Waals surface area contributed by atoms with Crippen molar-refractivity contribution in [2.75, 3.05) is 6.54 Å². The van der Waals surface area contributed by atoms with Gasteiger partial charge in [0.1, 0.15) is 6.04 Å². The third kappa shape index (κ3) is 7.31. The second-order valence-electron chi connectivity index (χ2n) is 8.59. The maximum atomic E-state index is 13.5. The van der Waals surface area contributed by atoms with Gasteiger partial charge in [0.2, 0.25) is 11.8 Å². The molecule has 0 heterocycles. The number of nitrogens with zero attached hydrogens (tertiary/aromatic N) is 1. The summed E-state index contributed by atoms with van der Waals surface area (Å²) in [6.45, 7) is 6.93. The van der Waals surface area contributed by atoms with Crippen LogP contribution in [0.5, 0.6) is 0 Å². The fraction of sp³-hybridized carbons (Fsp3) is 0.310. The molecule has 0 aliphatic carbocycles. The molecule has 3 aromatic rings. The molecular formula is C29H34N2O2. The molecule has 33 heavy (non-hydrogen) atoms. The van der Waals surface area contributed by atoms with Crippen molar-refractivity contribution in [3.8, 4) is 0 Å². The molecule has 0 aromatic heterocycles. The highest BCUT2D eigenvalue weighted by Gasteiger charge is 2.29. The first-order valence-corrected chi connectivity index (χ1v) is 11.7. The minimum atomic E-state index is -0.570. The minimum Gasteiger partial charge on any atom is -0.355 e. The van der Waals surface area contributed by atoms with E-state index in [1.165, 1.54) is 11.1 Å². The van der Waals surface area contributed by atoms with Gasteiger partial charge in [0.05, 0.1) is 0 Å². The van der Waals surface area contributed by atoms with Crippen LogP contribution in [-0.4, -0.2) is 29.3 Å². The third-order valence-corrected chi connectivity index (χ3v) is 5.84. The Bertz CT molecular complexity index is 1030. The number of benzene rings is 3. The van der Waals surface area contributed by atoms with Crippen molar-refractivity contribution in [2.24, 2.45) is 0 Å². The first kappa shape index (κ1) is 24.2. The SMILES string of the molecule is CCNC(=O)[C@H](Cc1ccccc1)N(Cc1ccc(C)cc1)C(=O)CCc1ccc(C)cc1. The lowest BCUT2D eigenvalue weighted by Crippen LogP contribution is -2.50. The van der Waals surface area contributed by atoms with E-state index in [0.717, 1.165) is 16.7 Å². The molecule has 3 rings (SSSR count). The number of aryl methyl sites for hydroxylation is 3. The van der Waals surface area contributed by atoms with Crippen LogP contribution < -0.4 is 5.32 Å². The first-order valence-electron chi connectivity index (χ1n) is 11.7. The molecule has 4 heteroatoms. The summed E-state index contributed by atoms with van der Waals surface area (Å²) in [6.07, 6.45) is 1.49. The van der Waals surface area contributed by atoms with E-state index < -0.39 is 6.04 Å². The van der Waals surface area contributed by atoms with Gasteiger partial charge in [-0.2, -0.15) is 0 Å². The standard InChI is InChI=1S/C29H34N2O2/c1-4-30-29(33)27(20-25-8-6-5-7-9-25)31(21-26-16-12-23(3)13-17-26)28(32)19-18-24-14-10-22(2)11-15-24/h5-17,27H,4,18-21H2,1-3H3,(H,30,33)/t27-/m0/s1. The molecule has 0 fully saturated rings. The van der Waals surface area contributed by atoms with E-state index in [1.807, 2.05) is 68.4 Å². The Morgan fingerprint density at radius 3 is 1.94 bits per heavy atom. The van der Waals surface area contributed by atoms with Gasteiger partial charge < -0.3 is 10.2 Å². The summed E-state index contributed by atoms with van der Waals surface area (Å²) in [5.74, 6) is -0.125. The van der Waals surface area contributed by atoms with Crippen LogP contribution in [-0.2, 0) is 29.0 Å². The lowest BCUT2D eigenvalue weighted by molar-refractivity contribution is -0.141. The number of hydrogen-bond acceptors (Lipinski definition) is 2. The van der Waals surface area contributed by atoms with E-state index in [1.54, 1.807) is 4.90 Å². The van der Waals surface area contributed by atoms with E-state index in [4.69, 9.17) is 0 Å². The summed E-state index contributed by atoms with van der Waals surface area (Å²) < 4.78 is 0. The summed E-state index contributed by atoms with van der Waals surface area (Å²) in [4.78, 5) is 28.4. The normalized spacial score (nSPS) is 11.6. The molecule has 172 valence electrons. The Labute approximate surface area is 197 Å². The van der Waals surface area contributed by atoms with E-state index >= 15 is 0 Å². The zero-order valence-corrected chi connectivity index (χ0v) is 19.9. The summed E-state index contributed by atoms with van der Waals surface area (Å²) in [6, 6.07) is 25.8. The van der Waals surface area contributed by atoms with Gasteiger partial charge >= 0.3 is 0 Å². The van der Waals surface area contributed by atoms with Crippen molar-refractivity contribution in [3.63, 3.8) is 0 Å². The topological polar surface area (TPSA) is 49.4 Å². The monoisotopic (exact) mass is 442 g/mol. The zero-order chi connectivity index (χ0) is 23.6. The molecule has 0 spiro atoms. The molecule has 1 atom stereocenters. The van der Waals surface area contributed by atoms with Gasteiger partial charge in [0, 0.05) is 25.9 Å². The number of likely N-dealkylation sites (N-methyl/N-ethyl adjacent to an activating group) is 1. The summed E-state index contributed by atoms with van der Waals surface area (Å²) in [5, 5.41) is 2.94. The number of carbonyl (C=O) groups excluding carboxylic acids is 2. The maximum Gasteiger partial charge on any atom is 0.243 e. The van der Waals surface area contributed by atoms with Gasteiger partial charge in [-0.25, -0.2) is 0 Å². The second-order valence-corrected chi connectivity index (χ2v) is 8.59. The first-order chi connectivity index (χ1) is 16.0. The minimum absolute atomic E-state index is 0.0108. The molecule has 1 N–H and O–H groups in total. The van der Waals surface area contributed by atoms with Crippen molar-refractivity contribution < 1.29 is 9.59 Å². The molecule has 0 saturated carbocycles. The van der Waals surface area contributed by atoms with E-state index in [0.29, 0.717) is 32.4 Å². The summed E-state index contributed by atoms with van der Waals surface area (Å²) in [5.41, 5.74) is 5.55. The predicted octanol–water partition coefficient (Wildman–Crippen LogP) is 5.01. The molecule has 0 aliphatic heterocycles. The number of nitrogens with one attached hydrogen (secondary N) is 1. The highest BCUT2D eigenvalue weighted by molar-refractivity contribution is 5.88. The number of rotatable bonds is 10. The Kier molecular flexibility index (Phi) is 8.82. The highest BCUT2D eigenvalue weighted by atomic mass is 16.2. The smallest absolute Gasteiger partial charge is 0.243 e. The van der Waals surface area contributed by atoms with Crippen molar-refractivity contribution in [1.82, 2.24) is 10.2 Å². The van der Waals surface area contributed by atoms with Crippen LogP contribution >= 0.6 is 0 Å². The lowest BCUT2D eigenvalue weighted by Gasteiger charge is -2.31. The fourth-order valence-corrected chi connectivity index (χ4v) is 3.89. The van der Waals surface area contributed by atoms with Gasteiger partial charge in [-0.05, 0) is 43.9 Å². The molecule has 2 amide bonds. The average Bonchev–Trinajstić information content (AvgIpc) is 2.82. The third-order valence-electron chi connectivity index (χ3n) is 5.84. The van der Waals surface area contributed by atoms with Crippen LogP contribution in [0.1, 0.15) is 41.2 Å². The number of carbonyl (C=O) groups is 2.